The highest BCUT2D eigenvalue weighted by Crippen LogP contribution is 2.31. The summed E-state index contributed by atoms with van der Waals surface area (Å²) in [5, 5.41) is 0.528. The van der Waals surface area contributed by atoms with Crippen molar-refractivity contribution in [3.8, 4) is 0 Å². The summed E-state index contributed by atoms with van der Waals surface area (Å²) in [5.74, 6) is -0.482. The zero-order chi connectivity index (χ0) is 23.2. The zero-order valence-corrected chi connectivity index (χ0v) is 19.8. The van der Waals surface area contributed by atoms with Crippen molar-refractivity contribution in [3.05, 3.63) is 95.3 Å². The van der Waals surface area contributed by atoms with Gasteiger partial charge in [0.05, 0.1) is 4.70 Å². The maximum Gasteiger partial charge on any atom is 0.260 e. The summed E-state index contributed by atoms with van der Waals surface area (Å²) in [6.45, 7) is 7.24. The molecule has 170 valence electrons. The van der Waals surface area contributed by atoms with Crippen molar-refractivity contribution in [1.82, 2.24) is 9.88 Å². The van der Waals surface area contributed by atoms with Gasteiger partial charge in [0.15, 0.2) is 5.13 Å². The number of para-hydroxylation sites is 1. The molecule has 0 saturated carbocycles. The van der Waals surface area contributed by atoms with Gasteiger partial charge in [0.1, 0.15) is 11.3 Å². The van der Waals surface area contributed by atoms with Crippen molar-refractivity contribution in [1.29, 1.82) is 0 Å². The van der Waals surface area contributed by atoms with E-state index in [0.717, 1.165) is 36.3 Å². The number of likely N-dealkylation sites (N-methyl/N-ethyl adjacent to an activating group) is 1. The maximum absolute atomic E-state index is 14.3. The Kier molecular flexibility index (Phi) is 7.47. The Hall–Kier alpha value is -3.09. The molecule has 0 atom stereocenters. The molecular formula is C27H28FN3OS. The molecule has 1 heterocycles. The molecular weight excluding hydrogens is 433 g/mol. The van der Waals surface area contributed by atoms with Gasteiger partial charge in [-0.05, 0) is 54.9 Å². The van der Waals surface area contributed by atoms with E-state index in [1.165, 1.54) is 23.0 Å². The van der Waals surface area contributed by atoms with Crippen LogP contribution in [0.25, 0.3) is 10.2 Å². The van der Waals surface area contributed by atoms with E-state index in [1.54, 1.807) is 11.0 Å². The number of aromatic nitrogens is 1. The first-order chi connectivity index (χ1) is 16.1. The van der Waals surface area contributed by atoms with Crippen LogP contribution in [-0.2, 0) is 6.42 Å². The third-order valence-corrected chi connectivity index (χ3v) is 6.86. The number of amides is 1. The lowest BCUT2D eigenvalue weighted by atomic mass is 10.0. The molecule has 0 spiro atoms. The van der Waals surface area contributed by atoms with Gasteiger partial charge in [0.2, 0.25) is 0 Å². The van der Waals surface area contributed by atoms with Crippen LogP contribution in [-0.4, -0.2) is 42.0 Å². The minimum Gasteiger partial charge on any atom is -0.302 e. The van der Waals surface area contributed by atoms with E-state index < -0.39 is 0 Å². The number of carbonyl (C=O) groups is 1. The number of thiazole rings is 1. The highest BCUT2D eigenvalue weighted by molar-refractivity contribution is 7.22. The summed E-state index contributed by atoms with van der Waals surface area (Å²) < 4.78 is 15.0. The summed E-state index contributed by atoms with van der Waals surface area (Å²) in [7, 11) is 0. The zero-order valence-electron chi connectivity index (χ0n) is 19.0. The van der Waals surface area contributed by atoms with Gasteiger partial charge in [0.25, 0.3) is 5.91 Å². The first kappa shape index (κ1) is 23.1. The molecule has 0 unspecified atom stereocenters. The molecule has 1 aromatic heterocycles. The Balaban J connectivity index is 1.60. The van der Waals surface area contributed by atoms with E-state index >= 15 is 0 Å². The summed E-state index contributed by atoms with van der Waals surface area (Å²) in [5.41, 5.74) is 3.30. The van der Waals surface area contributed by atoms with E-state index in [4.69, 9.17) is 0 Å². The van der Waals surface area contributed by atoms with Crippen LogP contribution >= 0.6 is 11.3 Å². The molecule has 4 nitrogen and oxygen atoms in total. The SMILES string of the molecule is CCN(CC)CCN(C(=O)c1ccc(Cc2ccccc2)cc1)c1nc2c(F)cccc2s1. The van der Waals surface area contributed by atoms with Crippen molar-refractivity contribution < 1.29 is 9.18 Å². The lowest BCUT2D eigenvalue weighted by molar-refractivity contribution is 0.0983. The Morgan fingerprint density at radius 1 is 0.879 bits per heavy atom. The first-order valence-electron chi connectivity index (χ1n) is 11.3. The Morgan fingerprint density at radius 3 is 2.24 bits per heavy atom. The summed E-state index contributed by atoms with van der Waals surface area (Å²) in [6, 6.07) is 22.9. The summed E-state index contributed by atoms with van der Waals surface area (Å²) in [6.07, 6.45) is 0.818. The van der Waals surface area contributed by atoms with E-state index in [0.29, 0.717) is 22.8 Å². The first-order valence-corrected chi connectivity index (χ1v) is 12.1. The van der Waals surface area contributed by atoms with Gasteiger partial charge in [-0.2, -0.15) is 0 Å². The number of carbonyl (C=O) groups excluding carboxylic acids is 1. The van der Waals surface area contributed by atoms with Crippen molar-refractivity contribution in [2.75, 3.05) is 31.1 Å². The third kappa shape index (κ3) is 5.46. The monoisotopic (exact) mass is 461 g/mol. The predicted octanol–water partition coefficient (Wildman–Crippen LogP) is 6.01. The molecule has 4 aromatic rings. The fourth-order valence-corrected chi connectivity index (χ4v) is 4.84. The number of nitrogens with zero attached hydrogens (tertiary/aromatic N) is 3. The highest BCUT2D eigenvalue weighted by Gasteiger charge is 2.22. The largest absolute Gasteiger partial charge is 0.302 e. The molecule has 6 heteroatoms. The van der Waals surface area contributed by atoms with E-state index in [1.807, 2.05) is 48.5 Å². The van der Waals surface area contributed by atoms with Crippen LogP contribution < -0.4 is 4.90 Å². The normalized spacial score (nSPS) is 11.3. The molecule has 4 rings (SSSR count). The van der Waals surface area contributed by atoms with Gasteiger partial charge in [-0.1, -0.05) is 73.7 Å². The number of anilines is 1. The lowest BCUT2D eigenvalue weighted by Gasteiger charge is -2.24. The van der Waals surface area contributed by atoms with Crippen molar-refractivity contribution >= 4 is 32.6 Å². The quantitative estimate of drug-likeness (QED) is 0.306. The fraction of sp³-hybridized carbons (Fsp3) is 0.259. The number of hydrogen-bond donors (Lipinski definition) is 0. The third-order valence-electron chi connectivity index (χ3n) is 5.82. The Morgan fingerprint density at radius 2 is 1.58 bits per heavy atom. The van der Waals surface area contributed by atoms with Crippen molar-refractivity contribution in [2.45, 2.75) is 20.3 Å². The van der Waals surface area contributed by atoms with Gasteiger partial charge < -0.3 is 4.90 Å². The van der Waals surface area contributed by atoms with E-state index in [9.17, 15) is 9.18 Å². The molecule has 0 fully saturated rings. The average molecular weight is 462 g/mol. The number of rotatable bonds is 9. The molecule has 1 amide bonds. The van der Waals surface area contributed by atoms with E-state index in [-0.39, 0.29) is 11.7 Å². The van der Waals surface area contributed by atoms with E-state index in [2.05, 4.69) is 35.9 Å². The smallest absolute Gasteiger partial charge is 0.260 e. The second-order valence-corrected chi connectivity index (χ2v) is 8.94. The minimum atomic E-state index is -0.364. The lowest BCUT2D eigenvalue weighted by Crippen LogP contribution is -2.38. The van der Waals surface area contributed by atoms with Crippen molar-refractivity contribution in [3.63, 3.8) is 0 Å². The van der Waals surface area contributed by atoms with Gasteiger partial charge in [-0.3, -0.25) is 9.69 Å². The molecule has 0 radical (unpaired) electrons. The molecule has 33 heavy (non-hydrogen) atoms. The van der Waals surface area contributed by atoms with Crippen LogP contribution in [0.3, 0.4) is 0 Å². The maximum atomic E-state index is 14.3. The second kappa shape index (κ2) is 10.7. The molecule has 0 saturated heterocycles. The van der Waals surface area contributed by atoms with Crippen LogP contribution in [0.5, 0.6) is 0 Å². The van der Waals surface area contributed by atoms with Crippen molar-refractivity contribution in [2.24, 2.45) is 0 Å². The van der Waals surface area contributed by atoms with Crippen LogP contribution in [0.15, 0.2) is 72.8 Å². The fourth-order valence-electron chi connectivity index (χ4n) is 3.84. The topological polar surface area (TPSA) is 36.4 Å². The van der Waals surface area contributed by atoms with Gasteiger partial charge in [0, 0.05) is 18.7 Å². The standard InChI is InChI=1S/C27H28FN3OS/c1-3-30(4-2)17-18-31(27-29-25-23(28)11-8-12-24(25)33-27)26(32)22-15-13-21(14-16-22)19-20-9-6-5-7-10-20/h5-16H,3-4,17-19H2,1-2H3. The number of benzene rings is 3. The number of fused-ring (bicyclic) bond motifs is 1. The molecule has 3 aromatic carbocycles. The molecule has 0 aliphatic rings. The Bertz CT molecular complexity index is 1200. The number of halogens is 1. The minimum absolute atomic E-state index is 0.118. The Labute approximate surface area is 198 Å². The molecule has 0 N–H and O–H groups in total. The summed E-state index contributed by atoms with van der Waals surface area (Å²) in [4.78, 5) is 22.0. The molecule has 0 aliphatic carbocycles. The summed E-state index contributed by atoms with van der Waals surface area (Å²) >= 11 is 1.35. The van der Waals surface area contributed by atoms with Crippen LogP contribution in [0, 0.1) is 5.82 Å². The van der Waals surface area contributed by atoms with Gasteiger partial charge in [-0.25, -0.2) is 9.37 Å². The molecule has 0 aliphatic heterocycles. The van der Waals surface area contributed by atoms with Gasteiger partial charge in [-0.15, -0.1) is 0 Å². The predicted molar refractivity (Wildman–Crippen MR) is 135 cm³/mol. The second-order valence-electron chi connectivity index (χ2n) is 7.93. The van der Waals surface area contributed by atoms with Crippen LogP contribution in [0.2, 0.25) is 0 Å². The van der Waals surface area contributed by atoms with Crippen LogP contribution in [0.1, 0.15) is 35.3 Å². The molecule has 0 bridgehead atoms. The number of hydrogen-bond acceptors (Lipinski definition) is 4. The van der Waals surface area contributed by atoms with Crippen LogP contribution in [0.4, 0.5) is 9.52 Å². The average Bonchev–Trinajstić information content (AvgIpc) is 3.28. The highest BCUT2D eigenvalue weighted by atomic mass is 32.1. The van der Waals surface area contributed by atoms with Gasteiger partial charge >= 0.3 is 0 Å².